The molecule has 0 aliphatic rings. The highest BCUT2D eigenvalue weighted by Crippen LogP contribution is 2.24. The first-order chi connectivity index (χ1) is 9.51. The number of ether oxygens (including phenoxy) is 1. The van der Waals surface area contributed by atoms with Crippen molar-refractivity contribution in [1.29, 1.82) is 0 Å². The number of halogens is 1. The van der Waals surface area contributed by atoms with Crippen molar-refractivity contribution in [1.82, 2.24) is 9.78 Å². The van der Waals surface area contributed by atoms with Gasteiger partial charge in [0.05, 0.1) is 24.8 Å². The molecule has 0 aliphatic heterocycles. The van der Waals surface area contributed by atoms with Gasteiger partial charge in [-0.25, -0.2) is 0 Å². The maximum Gasteiger partial charge on any atom is 0.172 e. The first-order valence-corrected chi connectivity index (χ1v) is 7.21. The Morgan fingerprint density at radius 1 is 1.40 bits per heavy atom. The van der Waals surface area contributed by atoms with Crippen molar-refractivity contribution in [3.8, 4) is 5.75 Å². The first kappa shape index (κ1) is 14.8. The fourth-order valence-corrected chi connectivity index (χ4v) is 2.25. The lowest BCUT2D eigenvalue weighted by Gasteiger charge is -2.07. The summed E-state index contributed by atoms with van der Waals surface area (Å²) < 4.78 is 7.98. The molecule has 0 atom stereocenters. The second kappa shape index (κ2) is 6.22. The number of ketones is 1. The number of carbonyl (C=O) groups excluding carboxylic acids is 1. The fourth-order valence-electron chi connectivity index (χ4n) is 1.91. The molecule has 2 aromatic rings. The molecule has 0 N–H and O–H groups in total. The maximum atomic E-state index is 12.3. The molecule has 20 heavy (non-hydrogen) atoms. The van der Waals surface area contributed by atoms with E-state index in [2.05, 4.69) is 34.9 Å². The van der Waals surface area contributed by atoms with Crippen molar-refractivity contribution in [3.63, 3.8) is 0 Å². The Hall–Kier alpha value is -1.62. The number of Topliss-reactive ketones (excluding diaryl/α,β-unsaturated/α-hetero) is 1. The number of hydrogen-bond donors (Lipinski definition) is 0. The minimum Gasteiger partial charge on any atom is -0.496 e. The van der Waals surface area contributed by atoms with E-state index < -0.39 is 0 Å². The van der Waals surface area contributed by atoms with Crippen LogP contribution in [0.3, 0.4) is 0 Å². The van der Waals surface area contributed by atoms with Crippen LogP contribution < -0.4 is 4.74 Å². The number of carbonyl (C=O) groups is 1. The van der Waals surface area contributed by atoms with Crippen LogP contribution in [0.4, 0.5) is 0 Å². The molecule has 2 rings (SSSR count). The second-order valence-corrected chi connectivity index (χ2v) is 5.74. The summed E-state index contributed by atoms with van der Waals surface area (Å²) in [7, 11) is 1.56. The summed E-state index contributed by atoms with van der Waals surface area (Å²) >= 11 is 3.37. The Balaban J connectivity index is 2.19. The standard InChI is InChI=1S/C15H17BrN2O2/c1-10(2)18-7-6-12(17-18)9-14(19)13-5-4-11(16)8-15(13)20-3/h4-8,10H,9H2,1-3H3. The average Bonchev–Trinajstić information content (AvgIpc) is 2.87. The van der Waals surface area contributed by atoms with Crippen molar-refractivity contribution >= 4 is 21.7 Å². The molecule has 5 heteroatoms. The molecule has 0 radical (unpaired) electrons. The van der Waals surface area contributed by atoms with Gasteiger partial charge in [-0.3, -0.25) is 9.48 Å². The molecule has 0 unspecified atom stereocenters. The molecule has 4 nitrogen and oxygen atoms in total. The van der Waals surface area contributed by atoms with Gasteiger partial charge in [0.25, 0.3) is 0 Å². The molecule has 1 heterocycles. The largest absolute Gasteiger partial charge is 0.496 e. The van der Waals surface area contributed by atoms with E-state index >= 15 is 0 Å². The van der Waals surface area contributed by atoms with E-state index in [0.29, 0.717) is 17.4 Å². The van der Waals surface area contributed by atoms with E-state index in [1.165, 1.54) is 0 Å². The molecule has 0 aliphatic carbocycles. The van der Waals surface area contributed by atoms with Crippen LogP contribution in [0.15, 0.2) is 34.9 Å². The summed E-state index contributed by atoms with van der Waals surface area (Å²) in [4.78, 5) is 12.3. The third kappa shape index (κ3) is 3.28. The molecule has 0 saturated heterocycles. The van der Waals surface area contributed by atoms with Crippen LogP contribution in [0.1, 0.15) is 35.9 Å². The number of methoxy groups -OCH3 is 1. The van der Waals surface area contributed by atoms with E-state index in [1.807, 2.05) is 23.0 Å². The van der Waals surface area contributed by atoms with E-state index in [4.69, 9.17) is 4.74 Å². The Bertz CT molecular complexity index is 620. The number of aromatic nitrogens is 2. The van der Waals surface area contributed by atoms with Crippen LogP contribution in [0, 0.1) is 0 Å². The number of nitrogens with zero attached hydrogens (tertiary/aromatic N) is 2. The Morgan fingerprint density at radius 2 is 2.15 bits per heavy atom. The molecule has 0 bridgehead atoms. The van der Waals surface area contributed by atoms with Crippen LogP contribution in [0.5, 0.6) is 5.75 Å². The zero-order chi connectivity index (χ0) is 14.7. The molecule has 0 spiro atoms. The Labute approximate surface area is 126 Å². The lowest BCUT2D eigenvalue weighted by Crippen LogP contribution is -2.08. The van der Waals surface area contributed by atoms with Crippen molar-refractivity contribution in [2.75, 3.05) is 7.11 Å². The van der Waals surface area contributed by atoms with Gasteiger partial charge in [-0.2, -0.15) is 5.10 Å². The first-order valence-electron chi connectivity index (χ1n) is 6.42. The molecule has 0 saturated carbocycles. The van der Waals surface area contributed by atoms with Gasteiger partial charge >= 0.3 is 0 Å². The molecule has 106 valence electrons. The average molecular weight is 337 g/mol. The Morgan fingerprint density at radius 3 is 2.75 bits per heavy atom. The van der Waals surface area contributed by atoms with Gasteiger partial charge in [0, 0.05) is 16.7 Å². The van der Waals surface area contributed by atoms with Crippen LogP contribution in [0.25, 0.3) is 0 Å². The Kier molecular flexibility index (Phi) is 4.60. The summed E-state index contributed by atoms with van der Waals surface area (Å²) in [5, 5.41) is 4.39. The summed E-state index contributed by atoms with van der Waals surface area (Å²) in [5.74, 6) is 0.580. The van der Waals surface area contributed by atoms with Crippen molar-refractivity contribution in [2.24, 2.45) is 0 Å². The quantitative estimate of drug-likeness (QED) is 0.782. The molecular formula is C15H17BrN2O2. The molecule has 0 amide bonds. The number of benzene rings is 1. The molecule has 1 aromatic heterocycles. The second-order valence-electron chi connectivity index (χ2n) is 4.83. The molecule has 0 fully saturated rings. The minimum atomic E-state index is 0.00311. The van der Waals surface area contributed by atoms with Gasteiger partial charge in [0.15, 0.2) is 5.78 Å². The van der Waals surface area contributed by atoms with Crippen LogP contribution in [-0.4, -0.2) is 22.7 Å². The third-order valence-corrected chi connectivity index (χ3v) is 3.49. The van der Waals surface area contributed by atoms with E-state index in [1.54, 1.807) is 19.2 Å². The van der Waals surface area contributed by atoms with Gasteiger partial charge in [-0.05, 0) is 38.1 Å². The van der Waals surface area contributed by atoms with Gasteiger partial charge in [-0.1, -0.05) is 15.9 Å². The number of hydrogen-bond acceptors (Lipinski definition) is 3. The van der Waals surface area contributed by atoms with Crippen LogP contribution >= 0.6 is 15.9 Å². The summed E-state index contributed by atoms with van der Waals surface area (Å²) in [6.07, 6.45) is 2.17. The zero-order valence-corrected chi connectivity index (χ0v) is 13.3. The smallest absolute Gasteiger partial charge is 0.172 e. The van der Waals surface area contributed by atoms with Crippen molar-refractivity contribution in [2.45, 2.75) is 26.3 Å². The summed E-state index contributed by atoms with van der Waals surface area (Å²) in [5.41, 5.74) is 1.35. The lowest BCUT2D eigenvalue weighted by atomic mass is 10.1. The summed E-state index contributed by atoms with van der Waals surface area (Å²) in [6.45, 7) is 4.10. The SMILES string of the molecule is COc1cc(Br)ccc1C(=O)Cc1ccn(C(C)C)n1. The van der Waals surface area contributed by atoms with E-state index in [9.17, 15) is 4.79 Å². The highest BCUT2D eigenvalue weighted by Gasteiger charge is 2.15. The van der Waals surface area contributed by atoms with E-state index in [0.717, 1.165) is 10.2 Å². The highest BCUT2D eigenvalue weighted by molar-refractivity contribution is 9.10. The van der Waals surface area contributed by atoms with Crippen LogP contribution in [-0.2, 0) is 6.42 Å². The van der Waals surface area contributed by atoms with Gasteiger partial charge < -0.3 is 4.74 Å². The van der Waals surface area contributed by atoms with Crippen molar-refractivity contribution in [3.05, 3.63) is 46.2 Å². The van der Waals surface area contributed by atoms with Gasteiger partial charge in [0.1, 0.15) is 5.75 Å². The third-order valence-electron chi connectivity index (χ3n) is 3.00. The lowest BCUT2D eigenvalue weighted by molar-refractivity contribution is 0.0988. The summed E-state index contributed by atoms with van der Waals surface area (Å²) in [6, 6.07) is 7.57. The predicted octanol–water partition coefficient (Wildman–Crippen LogP) is 3.66. The van der Waals surface area contributed by atoms with Crippen molar-refractivity contribution < 1.29 is 9.53 Å². The maximum absolute atomic E-state index is 12.3. The van der Waals surface area contributed by atoms with Gasteiger partial charge in [0.2, 0.25) is 0 Å². The van der Waals surface area contributed by atoms with Gasteiger partial charge in [-0.15, -0.1) is 0 Å². The monoisotopic (exact) mass is 336 g/mol. The topological polar surface area (TPSA) is 44.1 Å². The molecular weight excluding hydrogens is 320 g/mol. The number of rotatable bonds is 5. The minimum absolute atomic E-state index is 0.00311. The highest BCUT2D eigenvalue weighted by atomic mass is 79.9. The normalized spacial score (nSPS) is 10.8. The van der Waals surface area contributed by atoms with Crippen LogP contribution in [0.2, 0.25) is 0 Å². The fraction of sp³-hybridized carbons (Fsp3) is 0.333. The van der Waals surface area contributed by atoms with E-state index in [-0.39, 0.29) is 12.2 Å². The predicted molar refractivity (Wildman–Crippen MR) is 81.3 cm³/mol. The zero-order valence-electron chi connectivity index (χ0n) is 11.8. The molecule has 1 aromatic carbocycles.